The zero-order chi connectivity index (χ0) is 15.8. The van der Waals surface area contributed by atoms with Crippen LogP contribution in [0.15, 0.2) is 59.1 Å². The minimum atomic E-state index is -0.204. The predicted molar refractivity (Wildman–Crippen MR) is 88.4 cm³/mol. The number of amides is 1. The molecule has 2 heterocycles. The number of hydrogen-bond donors (Lipinski definition) is 1. The summed E-state index contributed by atoms with van der Waals surface area (Å²) < 4.78 is 5.49. The Morgan fingerprint density at radius 3 is 2.91 bits per heavy atom. The monoisotopic (exact) mass is 303 g/mol. The van der Waals surface area contributed by atoms with Gasteiger partial charge < -0.3 is 9.73 Å². The van der Waals surface area contributed by atoms with Crippen molar-refractivity contribution in [3.63, 3.8) is 0 Å². The molecule has 23 heavy (non-hydrogen) atoms. The Morgan fingerprint density at radius 2 is 2.00 bits per heavy atom. The molecule has 112 valence electrons. The van der Waals surface area contributed by atoms with Crippen molar-refractivity contribution in [3.05, 3.63) is 66.2 Å². The van der Waals surface area contributed by atoms with Crippen molar-refractivity contribution in [2.45, 2.75) is 6.92 Å². The lowest BCUT2D eigenvalue weighted by atomic mass is 10.1. The van der Waals surface area contributed by atoms with Gasteiger partial charge in [-0.3, -0.25) is 9.78 Å². The fourth-order valence-corrected chi connectivity index (χ4v) is 2.60. The molecule has 0 bridgehead atoms. The van der Waals surface area contributed by atoms with Crippen LogP contribution in [0.5, 0.6) is 0 Å². The minimum Gasteiger partial charge on any atom is -0.441 e. The van der Waals surface area contributed by atoms with Crippen LogP contribution in [0.3, 0.4) is 0 Å². The number of anilines is 1. The number of fused-ring (bicyclic) bond motifs is 2. The fraction of sp³-hybridized carbons (Fsp3) is 0.0556. The van der Waals surface area contributed by atoms with Crippen molar-refractivity contribution in [2.75, 3.05) is 5.32 Å². The number of nitrogens with one attached hydrogen (secondary N) is 1. The van der Waals surface area contributed by atoms with E-state index in [4.69, 9.17) is 4.42 Å². The summed E-state index contributed by atoms with van der Waals surface area (Å²) in [4.78, 5) is 21.1. The van der Waals surface area contributed by atoms with Crippen LogP contribution in [0.25, 0.3) is 22.0 Å². The number of carbonyl (C=O) groups is 1. The molecule has 2 aromatic carbocycles. The van der Waals surface area contributed by atoms with E-state index >= 15 is 0 Å². The number of hydrogen-bond acceptors (Lipinski definition) is 4. The first-order chi connectivity index (χ1) is 11.2. The summed E-state index contributed by atoms with van der Waals surface area (Å²) in [6.07, 6.45) is 1.68. The van der Waals surface area contributed by atoms with E-state index in [0.717, 1.165) is 10.9 Å². The molecule has 0 atom stereocenters. The molecule has 4 aromatic rings. The lowest BCUT2D eigenvalue weighted by Gasteiger charge is -2.07. The number of para-hydroxylation sites is 1. The maximum Gasteiger partial charge on any atom is 0.257 e. The third kappa shape index (κ3) is 2.42. The summed E-state index contributed by atoms with van der Waals surface area (Å²) in [6, 6.07) is 14.7. The highest BCUT2D eigenvalue weighted by atomic mass is 16.3. The van der Waals surface area contributed by atoms with Gasteiger partial charge in [-0.1, -0.05) is 18.2 Å². The van der Waals surface area contributed by atoms with E-state index in [1.165, 1.54) is 0 Å². The number of oxazole rings is 1. The Bertz CT molecular complexity index is 1030. The molecule has 5 heteroatoms. The molecule has 0 saturated carbocycles. The van der Waals surface area contributed by atoms with Gasteiger partial charge in [-0.15, -0.1) is 0 Å². The second-order valence-electron chi connectivity index (χ2n) is 5.25. The third-order valence-corrected chi connectivity index (χ3v) is 3.63. The van der Waals surface area contributed by atoms with Gasteiger partial charge in [0.25, 0.3) is 5.91 Å². The van der Waals surface area contributed by atoms with Gasteiger partial charge in [-0.05, 0) is 24.3 Å². The molecule has 0 unspecified atom stereocenters. The van der Waals surface area contributed by atoms with Crippen LogP contribution in [-0.2, 0) is 0 Å². The molecule has 1 N–H and O–H groups in total. The summed E-state index contributed by atoms with van der Waals surface area (Å²) in [5.74, 6) is 0.395. The standard InChI is InChI=1S/C18H13N3O2/c1-11-20-15-8-7-13(10-16(15)23-11)21-18(22)14-6-2-4-12-5-3-9-19-17(12)14/h2-10H,1H3,(H,21,22). The first-order valence-electron chi connectivity index (χ1n) is 7.23. The molecular formula is C18H13N3O2. The second-order valence-corrected chi connectivity index (χ2v) is 5.25. The van der Waals surface area contributed by atoms with Crippen LogP contribution in [0, 0.1) is 6.92 Å². The smallest absolute Gasteiger partial charge is 0.257 e. The fourth-order valence-electron chi connectivity index (χ4n) is 2.60. The number of pyridine rings is 1. The molecule has 5 nitrogen and oxygen atoms in total. The largest absolute Gasteiger partial charge is 0.441 e. The van der Waals surface area contributed by atoms with E-state index in [1.54, 1.807) is 31.3 Å². The Labute approximate surface area is 132 Å². The van der Waals surface area contributed by atoms with Crippen molar-refractivity contribution in [2.24, 2.45) is 0 Å². The predicted octanol–water partition coefficient (Wildman–Crippen LogP) is 3.94. The van der Waals surface area contributed by atoms with Crippen LogP contribution in [0.2, 0.25) is 0 Å². The summed E-state index contributed by atoms with van der Waals surface area (Å²) in [5.41, 5.74) is 3.30. The summed E-state index contributed by atoms with van der Waals surface area (Å²) in [5, 5.41) is 3.82. The van der Waals surface area contributed by atoms with E-state index in [0.29, 0.717) is 28.2 Å². The number of aromatic nitrogens is 2. The van der Waals surface area contributed by atoms with Gasteiger partial charge in [0.2, 0.25) is 0 Å². The third-order valence-electron chi connectivity index (χ3n) is 3.63. The molecule has 0 saturated heterocycles. The number of benzene rings is 2. The molecule has 0 aliphatic heterocycles. The molecule has 0 aliphatic carbocycles. The van der Waals surface area contributed by atoms with Crippen molar-refractivity contribution < 1.29 is 9.21 Å². The van der Waals surface area contributed by atoms with Gasteiger partial charge in [0.15, 0.2) is 11.5 Å². The molecule has 0 spiro atoms. The SMILES string of the molecule is Cc1nc2ccc(NC(=O)c3cccc4cccnc34)cc2o1. The average Bonchev–Trinajstić information content (AvgIpc) is 2.93. The highest BCUT2D eigenvalue weighted by molar-refractivity contribution is 6.12. The molecule has 0 fully saturated rings. The normalized spacial score (nSPS) is 11.0. The van der Waals surface area contributed by atoms with E-state index < -0.39 is 0 Å². The van der Waals surface area contributed by atoms with Crippen molar-refractivity contribution in [1.82, 2.24) is 9.97 Å². The van der Waals surface area contributed by atoms with Crippen LogP contribution in [0.1, 0.15) is 16.2 Å². The molecule has 0 radical (unpaired) electrons. The number of aryl methyl sites for hydroxylation is 1. The van der Waals surface area contributed by atoms with Gasteiger partial charge in [0, 0.05) is 30.3 Å². The van der Waals surface area contributed by atoms with E-state index in [2.05, 4.69) is 15.3 Å². The van der Waals surface area contributed by atoms with Crippen LogP contribution >= 0.6 is 0 Å². The van der Waals surface area contributed by atoms with Crippen LogP contribution in [-0.4, -0.2) is 15.9 Å². The lowest BCUT2D eigenvalue weighted by molar-refractivity contribution is 0.102. The Morgan fingerprint density at radius 1 is 1.13 bits per heavy atom. The van der Waals surface area contributed by atoms with Gasteiger partial charge >= 0.3 is 0 Å². The van der Waals surface area contributed by atoms with Crippen molar-refractivity contribution in [1.29, 1.82) is 0 Å². The summed E-state index contributed by atoms with van der Waals surface area (Å²) >= 11 is 0. The highest BCUT2D eigenvalue weighted by Gasteiger charge is 2.12. The van der Waals surface area contributed by atoms with E-state index in [9.17, 15) is 4.79 Å². The Hall–Kier alpha value is -3.21. The number of carbonyl (C=O) groups excluding carboxylic acids is 1. The van der Waals surface area contributed by atoms with Gasteiger partial charge in [-0.2, -0.15) is 0 Å². The topological polar surface area (TPSA) is 68.0 Å². The van der Waals surface area contributed by atoms with E-state index in [-0.39, 0.29) is 5.91 Å². The lowest BCUT2D eigenvalue weighted by Crippen LogP contribution is -2.12. The molecular weight excluding hydrogens is 290 g/mol. The first-order valence-corrected chi connectivity index (χ1v) is 7.23. The van der Waals surface area contributed by atoms with Crippen molar-refractivity contribution >= 4 is 33.6 Å². The first kappa shape index (κ1) is 13.5. The molecule has 2 aromatic heterocycles. The maximum atomic E-state index is 12.6. The van der Waals surface area contributed by atoms with Crippen LogP contribution < -0.4 is 5.32 Å². The highest BCUT2D eigenvalue weighted by Crippen LogP contribution is 2.22. The minimum absolute atomic E-state index is 0.204. The number of nitrogens with zero attached hydrogens (tertiary/aromatic N) is 2. The Kier molecular flexibility index (Phi) is 3.05. The summed E-state index contributed by atoms with van der Waals surface area (Å²) in [7, 11) is 0. The molecule has 0 aliphatic rings. The zero-order valence-electron chi connectivity index (χ0n) is 12.4. The zero-order valence-corrected chi connectivity index (χ0v) is 12.4. The number of rotatable bonds is 2. The van der Waals surface area contributed by atoms with Crippen LogP contribution in [0.4, 0.5) is 5.69 Å². The van der Waals surface area contributed by atoms with Gasteiger partial charge in [0.1, 0.15) is 5.52 Å². The average molecular weight is 303 g/mol. The second kappa shape index (κ2) is 5.21. The summed E-state index contributed by atoms with van der Waals surface area (Å²) in [6.45, 7) is 1.79. The quantitative estimate of drug-likeness (QED) is 0.609. The molecule has 1 amide bonds. The van der Waals surface area contributed by atoms with Crippen molar-refractivity contribution in [3.8, 4) is 0 Å². The molecule has 4 rings (SSSR count). The van der Waals surface area contributed by atoms with Gasteiger partial charge in [0.05, 0.1) is 11.1 Å². The van der Waals surface area contributed by atoms with Gasteiger partial charge in [-0.25, -0.2) is 4.98 Å². The Balaban J connectivity index is 1.70. The maximum absolute atomic E-state index is 12.6. The van der Waals surface area contributed by atoms with E-state index in [1.807, 2.05) is 30.3 Å².